The van der Waals surface area contributed by atoms with Gasteiger partial charge in [0.05, 0.1) is 19.2 Å². The lowest BCUT2D eigenvalue weighted by Crippen LogP contribution is -2.44. The Bertz CT molecular complexity index is 271. The van der Waals surface area contributed by atoms with Crippen LogP contribution in [0.25, 0.3) is 0 Å². The largest absolute Gasteiger partial charge is 0.395 e. The van der Waals surface area contributed by atoms with Gasteiger partial charge in [-0.1, -0.05) is 6.92 Å². The van der Waals surface area contributed by atoms with E-state index in [4.69, 9.17) is 10.4 Å². The molecule has 2 atom stereocenters. The number of likely N-dealkylation sites (tertiary alicyclic amines) is 1. The number of nitriles is 1. The minimum Gasteiger partial charge on any atom is -0.395 e. The van der Waals surface area contributed by atoms with Gasteiger partial charge in [-0.25, -0.2) is 0 Å². The molecule has 0 aromatic carbocycles. The molecule has 2 N–H and O–H groups in total. The second-order valence-electron chi connectivity index (χ2n) is 4.04. The summed E-state index contributed by atoms with van der Waals surface area (Å²) in [5.74, 6) is -0.0454. The fraction of sp³-hybridized carbons (Fsp3) is 0.818. The molecule has 1 amide bonds. The number of nitrogens with zero attached hydrogens (tertiary/aromatic N) is 2. The van der Waals surface area contributed by atoms with Crippen molar-refractivity contribution in [3.05, 3.63) is 0 Å². The topological polar surface area (TPSA) is 76.4 Å². The predicted octanol–water partition coefficient (Wildman–Crippen LogP) is -0.139. The summed E-state index contributed by atoms with van der Waals surface area (Å²) in [7, 11) is 0. The molecule has 1 rings (SSSR count). The van der Waals surface area contributed by atoms with Gasteiger partial charge in [0.2, 0.25) is 5.91 Å². The summed E-state index contributed by atoms with van der Waals surface area (Å²) in [5, 5.41) is 20.8. The van der Waals surface area contributed by atoms with Crippen molar-refractivity contribution >= 4 is 5.91 Å². The van der Waals surface area contributed by atoms with Gasteiger partial charge >= 0.3 is 0 Å². The van der Waals surface area contributed by atoms with Gasteiger partial charge in [0.1, 0.15) is 6.04 Å². The molecule has 0 aromatic heterocycles. The number of carbonyl (C=O) groups is 1. The molecule has 16 heavy (non-hydrogen) atoms. The van der Waals surface area contributed by atoms with Crippen molar-refractivity contribution in [3.8, 4) is 6.07 Å². The number of carbonyl (C=O) groups excluding carboxylic acids is 1. The van der Waals surface area contributed by atoms with Crippen molar-refractivity contribution < 1.29 is 9.90 Å². The fourth-order valence-corrected chi connectivity index (χ4v) is 1.87. The molecule has 1 aliphatic heterocycles. The average Bonchev–Trinajstić information content (AvgIpc) is 2.78. The number of aliphatic hydroxyl groups is 1. The molecule has 0 aromatic rings. The summed E-state index contributed by atoms with van der Waals surface area (Å²) in [6.07, 6.45) is 2.46. The van der Waals surface area contributed by atoms with Crippen LogP contribution in [0.2, 0.25) is 0 Å². The van der Waals surface area contributed by atoms with Crippen LogP contribution in [0, 0.1) is 11.3 Å². The van der Waals surface area contributed by atoms with Crippen molar-refractivity contribution in [1.29, 1.82) is 5.26 Å². The van der Waals surface area contributed by atoms with Crippen LogP contribution in [0.4, 0.5) is 0 Å². The third-order valence-electron chi connectivity index (χ3n) is 2.98. The molecule has 0 saturated carbocycles. The molecule has 0 radical (unpaired) electrons. The Morgan fingerprint density at radius 2 is 2.50 bits per heavy atom. The maximum absolute atomic E-state index is 11.8. The summed E-state index contributed by atoms with van der Waals surface area (Å²) < 4.78 is 0. The van der Waals surface area contributed by atoms with Crippen molar-refractivity contribution in [3.63, 3.8) is 0 Å². The quantitative estimate of drug-likeness (QED) is 0.683. The van der Waals surface area contributed by atoms with E-state index in [9.17, 15) is 4.79 Å². The molecule has 0 bridgehead atoms. The standard InChI is InChI=1S/C11H19N3O2/c1-2-9(8-15)13-7-11(16)14-5-3-4-10(14)6-12/h9-10,13,15H,2-5,7-8H2,1H3/t9-,10-/m0/s1. The van der Waals surface area contributed by atoms with E-state index < -0.39 is 0 Å². The molecule has 0 unspecified atom stereocenters. The van der Waals surface area contributed by atoms with Gasteiger partial charge < -0.3 is 15.3 Å². The number of nitrogens with one attached hydrogen (secondary N) is 1. The Morgan fingerprint density at radius 3 is 3.06 bits per heavy atom. The predicted molar refractivity (Wildman–Crippen MR) is 59.5 cm³/mol. The summed E-state index contributed by atoms with van der Waals surface area (Å²) in [4.78, 5) is 13.4. The summed E-state index contributed by atoms with van der Waals surface area (Å²) >= 11 is 0. The molecule has 0 aliphatic carbocycles. The molecule has 5 heteroatoms. The molecule has 1 saturated heterocycles. The molecule has 1 heterocycles. The van der Waals surface area contributed by atoms with Gasteiger partial charge in [0, 0.05) is 12.6 Å². The van der Waals surface area contributed by atoms with E-state index in [1.807, 2.05) is 6.92 Å². The Labute approximate surface area is 96.0 Å². The van der Waals surface area contributed by atoms with Crippen LogP contribution in [0.15, 0.2) is 0 Å². The van der Waals surface area contributed by atoms with Gasteiger partial charge in [-0.15, -0.1) is 0 Å². The van der Waals surface area contributed by atoms with E-state index in [0.29, 0.717) is 6.54 Å². The molecule has 90 valence electrons. The molecule has 1 aliphatic rings. The Morgan fingerprint density at radius 1 is 1.75 bits per heavy atom. The van der Waals surface area contributed by atoms with Crippen LogP contribution < -0.4 is 5.32 Å². The van der Waals surface area contributed by atoms with E-state index in [-0.39, 0.29) is 31.1 Å². The Hall–Kier alpha value is -1.12. The van der Waals surface area contributed by atoms with Gasteiger partial charge in [-0.2, -0.15) is 5.26 Å². The number of aliphatic hydroxyl groups excluding tert-OH is 1. The van der Waals surface area contributed by atoms with Crippen molar-refractivity contribution in [2.75, 3.05) is 19.7 Å². The highest BCUT2D eigenvalue weighted by Gasteiger charge is 2.28. The maximum Gasteiger partial charge on any atom is 0.237 e. The molecular weight excluding hydrogens is 206 g/mol. The normalized spacial score (nSPS) is 21.8. The molecule has 0 spiro atoms. The fourth-order valence-electron chi connectivity index (χ4n) is 1.87. The Kier molecular flexibility index (Phi) is 5.23. The number of rotatable bonds is 5. The van der Waals surface area contributed by atoms with Crippen molar-refractivity contribution in [1.82, 2.24) is 10.2 Å². The highest BCUT2D eigenvalue weighted by molar-refractivity contribution is 5.79. The van der Waals surface area contributed by atoms with Crippen LogP contribution in [-0.2, 0) is 4.79 Å². The number of hydrogen-bond donors (Lipinski definition) is 2. The smallest absolute Gasteiger partial charge is 0.237 e. The third kappa shape index (κ3) is 3.19. The van der Waals surface area contributed by atoms with Crippen LogP contribution in [-0.4, -0.2) is 47.7 Å². The van der Waals surface area contributed by atoms with E-state index in [1.165, 1.54) is 0 Å². The van der Waals surface area contributed by atoms with Crippen molar-refractivity contribution in [2.45, 2.75) is 38.3 Å². The average molecular weight is 225 g/mol. The van der Waals surface area contributed by atoms with Crippen molar-refractivity contribution in [2.24, 2.45) is 0 Å². The second-order valence-corrected chi connectivity index (χ2v) is 4.04. The van der Waals surface area contributed by atoms with E-state index >= 15 is 0 Å². The van der Waals surface area contributed by atoms with Gasteiger partial charge in [0.15, 0.2) is 0 Å². The van der Waals surface area contributed by atoms with Crippen LogP contribution in [0.5, 0.6) is 0 Å². The van der Waals surface area contributed by atoms with Crippen LogP contribution >= 0.6 is 0 Å². The third-order valence-corrected chi connectivity index (χ3v) is 2.98. The minimum atomic E-state index is -0.261. The summed E-state index contributed by atoms with van der Waals surface area (Å²) in [5.41, 5.74) is 0. The lowest BCUT2D eigenvalue weighted by atomic mass is 10.2. The molecule has 5 nitrogen and oxygen atoms in total. The second kappa shape index (κ2) is 6.46. The minimum absolute atomic E-state index is 0.0332. The first-order valence-corrected chi connectivity index (χ1v) is 5.76. The van der Waals surface area contributed by atoms with Crippen LogP contribution in [0.3, 0.4) is 0 Å². The first-order chi connectivity index (χ1) is 7.72. The summed E-state index contributed by atoms with van der Waals surface area (Å²) in [6, 6.07) is 1.84. The van der Waals surface area contributed by atoms with E-state index in [2.05, 4.69) is 11.4 Å². The Balaban J connectivity index is 2.37. The maximum atomic E-state index is 11.8. The molecule has 1 fully saturated rings. The van der Waals surface area contributed by atoms with E-state index in [0.717, 1.165) is 19.3 Å². The van der Waals surface area contributed by atoms with E-state index in [1.54, 1.807) is 4.90 Å². The first-order valence-electron chi connectivity index (χ1n) is 5.76. The zero-order chi connectivity index (χ0) is 12.0. The first kappa shape index (κ1) is 12.9. The van der Waals surface area contributed by atoms with Gasteiger partial charge in [-0.05, 0) is 19.3 Å². The van der Waals surface area contributed by atoms with Gasteiger partial charge in [0.25, 0.3) is 0 Å². The highest BCUT2D eigenvalue weighted by atomic mass is 16.3. The highest BCUT2D eigenvalue weighted by Crippen LogP contribution is 2.15. The monoisotopic (exact) mass is 225 g/mol. The zero-order valence-corrected chi connectivity index (χ0v) is 9.65. The number of hydrogen-bond acceptors (Lipinski definition) is 4. The van der Waals surface area contributed by atoms with Crippen LogP contribution in [0.1, 0.15) is 26.2 Å². The summed E-state index contributed by atoms with van der Waals surface area (Å²) in [6.45, 7) is 2.86. The van der Waals surface area contributed by atoms with Gasteiger partial charge in [-0.3, -0.25) is 4.79 Å². The SMILES string of the molecule is CC[C@@H](CO)NCC(=O)N1CCC[C@H]1C#N. The molecular formula is C11H19N3O2. The lowest BCUT2D eigenvalue weighted by molar-refractivity contribution is -0.130. The lowest BCUT2D eigenvalue weighted by Gasteiger charge is -2.21. The zero-order valence-electron chi connectivity index (χ0n) is 9.65. The number of amides is 1.